The van der Waals surface area contributed by atoms with Gasteiger partial charge in [0.1, 0.15) is 33.4 Å². The van der Waals surface area contributed by atoms with Gasteiger partial charge in [-0.2, -0.15) is 21.9 Å². The van der Waals surface area contributed by atoms with Gasteiger partial charge >= 0.3 is 10.4 Å². The highest BCUT2D eigenvalue weighted by atomic mass is 32.3. The second-order valence-electron chi connectivity index (χ2n) is 9.94. The van der Waals surface area contributed by atoms with E-state index >= 15 is 0 Å². The first kappa shape index (κ1) is 39.4. The molecule has 4 rings (SSSR count). The Kier molecular flexibility index (Phi) is 11.5. The van der Waals surface area contributed by atoms with Gasteiger partial charge in [-0.05, 0) is 36.4 Å². The maximum absolute atomic E-state index is 12.6. The predicted octanol–water partition coefficient (Wildman–Crippen LogP) is 5.71. The highest BCUT2D eigenvalue weighted by Crippen LogP contribution is 2.50. The van der Waals surface area contributed by atoms with Crippen LogP contribution in [0, 0.1) is 20.2 Å². The molecule has 4 aromatic carbocycles. The Morgan fingerprint density at radius 3 is 1.70 bits per heavy atom. The van der Waals surface area contributed by atoms with Crippen molar-refractivity contribution >= 4 is 75.9 Å². The van der Waals surface area contributed by atoms with Crippen molar-refractivity contribution in [3.05, 3.63) is 87.0 Å². The summed E-state index contributed by atoms with van der Waals surface area (Å²) in [6, 6.07) is 10.1. The highest BCUT2D eigenvalue weighted by molar-refractivity contribution is 7.91. The molecular weight excluding hydrogens is 777 g/mol. The van der Waals surface area contributed by atoms with Gasteiger partial charge in [0, 0.05) is 24.3 Å². The Morgan fingerprint density at radius 1 is 0.623 bits per heavy atom. The molecule has 0 saturated heterocycles. The van der Waals surface area contributed by atoms with Gasteiger partial charge in [0.2, 0.25) is 0 Å². The fourth-order valence-electron chi connectivity index (χ4n) is 3.89. The van der Waals surface area contributed by atoms with E-state index < -0.39 is 108 Å². The Bertz CT molecular complexity index is 2540. The number of phenolic OH excluding ortho intramolecular Hbond substituents is 3. The number of rotatable bonds is 14. The summed E-state index contributed by atoms with van der Waals surface area (Å²) in [4.78, 5) is 18.5. The Labute approximate surface area is 296 Å². The van der Waals surface area contributed by atoms with Crippen LogP contribution in [0.3, 0.4) is 0 Å². The van der Waals surface area contributed by atoms with E-state index in [2.05, 4.69) is 34.9 Å². The van der Waals surface area contributed by atoms with Gasteiger partial charge < -0.3 is 15.3 Å². The van der Waals surface area contributed by atoms with Crippen molar-refractivity contribution in [1.29, 1.82) is 0 Å². The third-order valence-corrected chi connectivity index (χ3v) is 9.41. The SMILES string of the molecule is O=[N+]([O-])c1ccc(/N=N\c2cc(/N=N/c3ccc([N+](=O)[O-])cc3O)c(O)c(/N=N/c3ccc(S(=O)(=O)CCOS(=O)(=O)O)cc3S(=O)(=O)O)c2O)cc1. The van der Waals surface area contributed by atoms with Gasteiger partial charge in [-0.15, -0.1) is 25.6 Å². The topological polar surface area (TPSA) is 373 Å². The Morgan fingerprint density at radius 2 is 1.15 bits per heavy atom. The zero-order valence-electron chi connectivity index (χ0n) is 25.8. The molecule has 0 aliphatic carbocycles. The number of sulfone groups is 1. The third kappa shape index (κ3) is 10.1. The minimum atomic E-state index is -5.29. The summed E-state index contributed by atoms with van der Waals surface area (Å²) in [7, 11) is -14.8. The number of non-ortho nitro benzene ring substituents is 2. The van der Waals surface area contributed by atoms with E-state index in [4.69, 9.17) is 4.55 Å². The van der Waals surface area contributed by atoms with Crippen molar-refractivity contribution in [3.63, 3.8) is 0 Å². The molecule has 0 spiro atoms. The van der Waals surface area contributed by atoms with Crippen LogP contribution in [-0.2, 0) is 34.5 Å². The number of benzene rings is 4. The number of phenols is 3. The van der Waals surface area contributed by atoms with Gasteiger partial charge in [0.15, 0.2) is 27.0 Å². The van der Waals surface area contributed by atoms with Crippen molar-refractivity contribution in [2.24, 2.45) is 30.7 Å². The van der Waals surface area contributed by atoms with Gasteiger partial charge in [0.25, 0.3) is 21.5 Å². The summed E-state index contributed by atoms with van der Waals surface area (Å²) >= 11 is 0. The van der Waals surface area contributed by atoms with Crippen LogP contribution < -0.4 is 0 Å². The smallest absolute Gasteiger partial charge is 0.397 e. The lowest BCUT2D eigenvalue weighted by atomic mass is 10.2. The van der Waals surface area contributed by atoms with E-state index in [9.17, 15) is 65.4 Å². The van der Waals surface area contributed by atoms with Gasteiger partial charge in [-0.25, -0.2) is 12.6 Å². The zero-order valence-corrected chi connectivity index (χ0v) is 28.2. The molecular formula is C26H20N8O16S3. The van der Waals surface area contributed by atoms with Gasteiger partial charge in [-0.1, -0.05) is 0 Å². The molecule has 24 nitrogen and oxygen atoms in total. The van der Waals surface area contributed by atoms with E-state index in [1.165, 1.54) is 12.1 Å². The maximum atomic E-state index is 12.6. The first-order valence-corrected chi connectivity index (χ1v) is 18.1. The molecule has 5 N–H and O–H groups in total. The molecule has 0 bridgehead atoms. The summed E-state index contributed by atoms with van der Waals surface area (Å²) < 4.78 is 93.5. The van der Waals surface area contributed by atoms with Crippen LogP contribution in [0.5, 0.6) is 17.2 Å². The molecule has 0 aliphatic rings. The van der Waals surface area contributed by atoms with E-state index in [1.54, 1.807) is 0 Å². The highest BCUT2D eigenvalue weighted by Gasteiger charge is 2.24. The van der Waals surface area contributed by atoms with Crippen LogP contribution in [0.2, 0.25) is 0 Å². The lowest BCUT2D eigenvalue weighted by molar-refractivity contribution is -0.385. The van der Waals surface area contributed by atoms with Crippen molar-refractivity contribution in [3.8, 4) is 17.2 Å². The molecule has 278 valence electrons. The quantitative estimate of drug-likeness (QED) is 0.0441. The first-order chi connectivity index (χ1) is 24.7. The standard InChI is InChI=1S/C26H20N8O16S3/c35-22-11-16(34(40)41)5-7-18(22)28-31-21-13-20(30-27-14-1-3-15(4-2-14)33(38)39)25(36)24(26(21)37)32-29-19-8-6-17(12-23(19)52(44,45)46)51(42,43)10-9-50-53(47,48)49/h1-8,11-13,35-37H,9-10H2,(H,44,45,46)(H,47,48,49)/b30-27-,31-28+,32-29+. The minimum absolute atomic E-state index is 0.0302. The molecule has 53 heavy (non-hydrogen) atoms. The Balaban J connectivity index is 1.82. The molecule has 0 amide bonds. The van der Waals surface area contributed by atoms with Crippen LogP contribution in [0.25, 0.3) is 0 Å². The second kappa shape index (κ2) is 15.5. The molecule has 0 aliphatic heterocycles. The van der Waals surface area contributed by atoms with Crippen LogP contribution in [0.1, 0.15) is 0 Å². The number of azo groups is 3. The molecule has 0 radical (unpaired) electrons. The van der Waals surface area contributed by atoms with Crippen LogP contribution in [-0.4, -0.2) is 71.9 Å². The van der Waals surface area contributed by atoms with E-state index in [0.717, 1.165) is 48.5 Å². The van der Waals surface area contributed by atoms with Crippen molar-refractivity contribution in [2.45, 2.75) is 9.79 Å². The van der Waals surface area contributed by atoms with Crippen LogP contribution >= 0.6 is 0 Å². The summed E-state index contributed by atoms with van der Waals surface area (Å²) in [6.45, 7) is -1.07. The maximum Gasteiger partial charge on any atom is 0.397 e. The molecule has 0 atom stereocenters. The third-order valence-electron chi connectivity index (χ3n) is 6.39. The summed E-state index contributed by atoms with van der Waals surface area (Å²) in [5, 5.41) is 76.2. The van der Waals surface area contributed by atoms with E-state index in [1.807, 2.05) is 0 Å². The number of hydrogen-bond acceptors (Lipinski definition) is 20. The average Bonchev–Trinajstić information content (AvgIpc) is 3.06. The average molecular weight is 797 g/mol. The summed E-state index contributed by atoms with van der Waals surface area (Å²) in [5.74, 6) is -3.78. The van der Waals surface area contributed by atoms with Crippen LogP contribution in [0.15, 0.2) is 107 Å². The Hall–Kier alpha value is -6.39. The number of hydrogen-bond donors (Lipinski definition) is 5. The lowest BCUT2D eigenvalue weighted by Crippen LogP contribution is -2.16. The molecule has 0 heterocycles. The monoisotopic (exact) mass is 796 g/mol. The largest absolute Gasteiger partial charge is 0.505 e. The fraction of sp³-hybridized carbons (Fsp3) is 0.0769. The molecule has 0 unspecified atom stereocenters. The number of nitrogens with zero attached hydrogens (tertiary/aromatic N) is 8. The normalized spacial score (nSPS) is 12.6. The van der Waals surface area contributed by atoms with Gasteiger partial charge in [-0.3, -0.25) is 29.3 Å². The van der Waals surface area contributed by atoms with Crippen LogP contribution in [0.4, 0.5) is 45.5 Å². The zero-order chi connectivity index (χ0) is 39.3. The molecule has 0 saturated carbocycles. The second-order valence-corrected chi connectivity index (χ2v) is 14.5. The summed E-state index contributed by atoms with van der Waals surface area (Å²) in [5.41, 5.74) is -3.84. The van der Waals surface area contributed by atoms with Crippen molar-refractivity contribution in [2.75, 3.05) is 12.4 Å². The molecule has 4 aromatic rings. The molecule has 0 aromatic heterocycles. The van der Waals surface area contributed by atoms with Gasteiger partial charge in [0.05, 0.1) is 38.9 Å². The lowest BCUT2D eigenvalue weighted by Gasteiger charge is -2.09. The number of aromatic hydroxyl groups is 3. The van der Waals surface area contributed by atoms with Crippen molar-refractivity contribution in [1.82, 2.24) is 0 Å². The minimum Gasteiger partial charge on any atom is -0.505 e. The predicted molar refractivity (Wildman–Crippen MR) is 176 cm³/mol. The molecule has 0 fully saturated rings. The fourth-order valence-corrected chi connectivity index (χ4v) is 6.12. The van der Waals surface area contributed by atoms with E-state index in [-0.39, 0.29) is 17.1 Å². The first-order valence-electron chi connectivity index (χ1n) is 13.7. The summed E-state index contributed by atoms with van der Waals surface area (Å²) in [6.07, 6.45) is 0. The molecule has 27 heteroatoms. The van der Waals surface area contributed by atoms with Crippen molar-refractivity contribution < 1.29 is 63.7 Å². The number of nitro groups is 2. The number of nitro benzene ring substituents is 2. The van der Waals surface area contributed by atoms with E-state index in [0.29, 0.717) is 6.07 Å².